The highest BCUT2D eigenvalue weighted by Gasteiger charge is 2.22. The molecule has 36 heavy (non-hydrogen) atoms. The van der Waals surface area contributed by atoms with Gasteiger partial charge in [0.15, 0.2) is 0 Å². The van der Waals surface area contributed by atoms with Crippen molar-refractivity contribution in [2.75, 3.05) is 43.7 Å². The average molecular weight is 548 g/mol. The summed E-state index contributed by atoms with van der Waals surface area (Å²) in [5, 5.41) is 3.06. The first-order chi connectivity index (χ1) is 16.5. The number of nitrogens with zero attached hydrogens (tertiary/aromatic N) is 1. The van der Waals surface area contributed by atoms with Gasteiger partial charge in [0, 0.05) is 24.8 Å². The van der Waals surface area contributed by atoms with Gasteiger partial charge in [-0.05, 0) is 57.4 Å². The summed E-state index contributed by atoms with van der Waals surface area (Å²) < 4.78 is 60.6. The van der Waals surface area contributed by atoms with E-state index in [1.54, 1.807) is 25.7 Å². The van der Waals surface area contributed by atoms with Crippen LogP contribution in [0.1, 0.15) is 38.3 Å². The van der Waals surface area contributed by atoms with Crippen LogP contribution >= 0.6 is 0 Å². The molecule has 1 N–H and O–H groups in total. The molecule has 204 valence electrons. The zero-order chi connectivity index (χ0) is 27.6. The number of benzene rings is 1. The molecule has 1 aromatic rings. The summed E-state index contributed by atoms with van der Waals surface area (Å²) in [7, 11) is -7.22. The van der Waals surface area contributed by atoms with Gasteiger partial charge in [-0.15, -0.1) is 0 Å². The number of anilines is 1. The van der Waals surface area contributed by atoms with Gasteiger partial charge in [-0.1, -0.05) is 6.07 Å². The normalized spacial score (nSPS) is 13.2. The fraction of sp³-hybridized carbons (Fsp3) is 0.636. The van der Waals surface area contributed by atoms with Crippen molar-refractivity contribution in [3.63, 3.8) is 0 Å². The van der Waals surface area contributed by atoms with E-state index >= 15 is 0 Å². The van der Waals surface area contributed by atoms with Crippen molar-refractivity contribution in [1.29, 1.82) is 0 Å². The fourth-order valence-corrected chi connectivity index (χ4v) is 4.08. The number of hydrogen-bond donors (Lipinski definition) is 1. The summed E-state index contributed by atoms with van der Waals surface area (Å²) >= 11 is 0. The third-order valence-electron chi connectivity index (χ3n) is 4.80. The summed E-state index contributed by atoms with van der Waals surface area (Å²) in [5.41, 5.74) is 1.89. The number of esters is 1. The van der Waals surface area contributed by atoms with E-state index in [4.69, 9.17) is 13.1 Å². The molecular weight excluding hydrogens is 511 g/mol. The van der Waals surface area contributed by atoms with Gasteiger partial charge in [0.05, 0.1) is 38.3 Å². The molecule has 1 atom stereocenters. The Morgan fingerprint density at radius 3 is 2.11 bits per heavy atom. The van der Waals surface area contributed by atoms with E-state index < -0.39 is 31.8 Å². The molecule has 11 nitrogen and oxygen atoms in total. The lowest BCUT2D eigenvalue weighted by Gasteiger charge is -2.26. The molecule has 0 amide bonds. The van der Waals surface area contributed by atoms with Crippen LogP contribution in [0.15, 0.2) is 18.2 Å². The molecule has 0 saturated carbocycles. The van der Waals surface area contributed by atoms with Crippen molar-refractivity contribution in [1.82, 2.24) is 5.23 Å². The Balaban J connectivity index is 3.12. The van der Waals surface area contributed by atoms with Gasteiger partial charge in [0.1, 0.15) is 5.60 Å². The lowest BCUT2D eigenvalue weighted by atomic mass is 9.91. The number of aryl methyl sites for hydroxylation is 1. The van der Waals surface area contributed by atoms with Crippen LogP contribution in [0, 0.1) is 6.92 Å². The number of ether oxygens (including phenoxy) is 1. The van der Waals surface area contributed by atoms with Gasteiger partial charge in [0.25, 0.3) is 27.7 Å². The van der Waals surface area contributed by atoms with E-state index in [-0.39, 0.29) is 46.2 Å². The topological polar surface area (TPSA) is 145 Å². The smallest absolute Gasteiger partial charge is 0.307 e. The first-order valence-corrected chi connectivity index (χ1v) is 15.0. The molecule has 0 bridgehead atoms. The van der Waals surface area contributed by atoms with Gasteiger partial charge in [0.2, 0.25) is 0 Å². The highest BCUT2D eigenvalue weighted by molar-refractivity contribution is 7.86. The predicted molar refractivity (Wildman–Crippen MR) is 140 cm³/mol. The maximum Gasteiger partial charge on any atom is 0.307 e. The van der Waals surface area contributed by atoms with Crippen molar-refractivity contribution in [3.05, 3.63) is 29.3 Å². The largest absolute Gasteiger partial charge is 0.460 e. The zero-order valence-corrected chi connectivity index (χ0v) is 23.4. The second-order valence-corrected chi connectivity index (χ2v) is 12.7. The SMILES string of the molecule is Cc1ccc(N(CCOS(C)(=O)=O)CCOS(C)(=O)=O)cc1C[C@@H](CC(=O)OC(C)(C)C)NBC=O. The fourth-order valence-electron chi connectivity index (χ4n) is 3.32. The zero-order valence-electron chi connectivity index (χ0n) is 21.8. The third kappa shape index (κ3) is 14.5. The van der Waals surface area contributed by atoms with Crippen LogP contribution in [0.2, 0.25) is 0 Å². The van der Waals surface area contributed by atoms with Crippen molar-refractivity contribution in [2.45, 2.75) is 52.2 Å². The number of nitrogens with one attached hydrogen (secondary N) is 1. The molecule has 0 spiro atoms. The Kier molecular flexibility index (Phi) is 12.5. The molecule has 0 heterocycles. The maximum atomic E-state index is 12.4. The minimum Gasteiger partial charge on any atom is -0.460 e. The van der Waals surface area contributed by atoms with Gasteiger partial charge < -0.3 is 19.7 Å². The van der Waals surface area contributed by atoms with Crippen LogP contribution in [-0.2, 0) is 49.3 Å². The van der Waals surface area contributed by atoms with Crippen molar-refractivity contribution in [3.8, 4) is 0 Å². The molecule has 0 aliphatic rings. The van der Waals surface area contributed by atoms with E-state index in [2.05, 4.69) is 5.23 Å². The molecule has 14 heteroatoms. The Labute approximate surface area is 215 Å². The van der Waals surface area contributed by atoms with Crippen molar-refractivity contribution < 1.29 is 39.5 Å². The van der Waals surface area contributed by atoms with E-state index in [0.29, 0.717) is 12.1 Å². The molecule has 0 saturated heterocycles. The van der Waals surface area contributed by atoms with Crippen molar-refractivity contribution in [2.24, 2.45) is 0 Å². The van der Waals surface area contributed by atoms with E-state index in [0.717, 1.165) is 29.8 Å². The van der Waals surface area contributed by atoms with Crippen LogP contribution in [0.5, 0.6) is 0 Å². The van der Waals surface area contributed by atoms with Crippen LogP contribution in [0.25, 0.3) is 0 Å². The lowest BCUT2D eigenvalue weighted by molar-refractivity contribution is -0.155. The predicted octanol–water partition coefficient (Wildman–Crippen LogP) is 0.528. The average Bonchev–Trinajstić information content (AvgIpc) is 2.69. The highest BCUT2D eigenvalue weighted by atomic mass is 32.2. The molecular formula is C22H37BN2O9S2. The molecule has 1 aromatic carbocycles. The third-order valence-corrected chi connectivity index (χ3v) is 5.99. The van der Waals surface area contributed by atoms with Crippen LogP contribution in [-0.4, -0.2) is 86.9 Å². The highest BCUT2D eigenvalue weighted by Crippen LogP contribution is 2.22. The van der Waals surface area contributed by atoms with Crippen molar-refractivity contribution >= 4 is 45.5 Å². The van der Waals surface area contributed by atoms with E-state index in [1.165, 1.54) is 0 Å². The first-order valence-electron chi connectivity index (χ1n) is 11.4. The molecule has 0 aliphatic heterocycles. The Bertz CT molecular complexity index is 1050. The molecule has 0 unspecified atom stereocenters. The Hall–Kier alpha value is -2.00. The van der Waals surface area contributed by atoms with Gasteiger partial charge in [-0.25, -0.2) is 0 Å². The van der Waals surface area contributed by atoms with E-state index in [1.807, 2.05) is 25.1 Å². The number of carbonyl (C=O) groups is 2. The summed E-state index contributed by atoms with van der Waals surface area (Å²) in [6, 6.07) is 5.20. The second kappa shape index (κ2) is 14.1. The number of rotatable bonds is 16. The minimum atomic E-state index is -3.64. The van der Waals surface area contributed by atoms with Gasteiger partial charge in [-0.2, -0.15) is 16.8 Å². The standard InChI is InChI=1S/C22H37BN2O9S2/c1-17-7-8-20(25(9-11-32-35(5,28)29)10-12-33-36(6,30)31)14-18(17)13-19(24-23-16-26)15-21(27)34-22(2,3)4/h7-8,14,16,19,23-24H,9-13,15H2,1-6H3/t19-/m0/s1. The van der Waals surface area contributed by atoms with Crippen LogP contribution in [0.4, 0.5) is 5.69 Å². The maximum absolute atomic E-state index is 12.4. The summed E-state index contributed by atoms with van der Waals surface area (Å²) in [6.45, 7) is 7.30. The minimum absolute atomic E-state index is 0.0584. The first kappa shape index (κ1) is 32.0. The van der Waals surface area contributed by atoms with Crippen LogP contribution < -0.4 is 10.1 Å². The molecule has 0 radical (unpaired) electrons. The Morgan fingerprint density at radius 1 is 1.08 bits per heavy atom. The molecule has 1 rings (SSSR count). The summed E-state index contributed by atoms with van der Waals surface area (Å²) in [5.74, 6) is -0.391. The van der Waals surface area contributed by atoms with Gasteiger partial charge in [-0.3, -0.25) is 13.2 Å². The summed E-state index contributed by atoms with van der Waals surface area (Å²) in [4.78, 5) is 25.1. The summed E-state index contributed by atoms with van der Waals surface area (Å²) in [6.07, 6.45) is 3.09. The molecule has 0 aromatic heterocycles. The number of carbonyl (C=O) groups excluding carboxylic acids is 2. The quantitative estimate of drug-likeness (QED) is 0.134. The van der Waals surface area contributed by atoms with E-state index in [9.17, 15) is 26.4 Å². The van der Waals surface area contributed by atoms with Crippen LogP contribution in [0.3, 0.4) is 0 Å². The second-order valence-electron chi connectivity index (χ2n) is 9.42. The number of hydrogen-bond acceptors (Lipinski definition) is 11. The molecule has 0 fully saturated rings. The molecule has 0 aliphatic carbocycles. The lowest BCUT2D eigenvalue weighted by Crippen LogP contribution is -2.38. The Morgan fingerprint density at radius 2 is 1.64 bits per heavy atom. The van der Waals surface area contributed by atoms with Gasteiger partial charge >= 0.3 is 5.97 Å². The monoisotopic (exact) mass is 548 g/mol.